The number of ether oxygens (including phenoxy) is 3. The summed E-state index contributed by atoms with van der Waals surface area (Å²) in [6, 6.07) is 10.0. The lowest BCUT2D eigenvalue weighted by atomic mass is 10.2. The molecule has 0 atom stereocenters. The maximum atomic E-state index is 13.0. The number of amides is 1. The van der Waals surface area contributed by atoms with Gasteiger partial charge < -0.3 is 19.1 Å². The van der Waals surface area contributed by atoms with Crippen molar-refractivity contribution in [3.8, 4) is 22.9 Å². The van der Waals surface area contributed by atoms with E-state index in [4.69, 9.17) is 14.2 Å². The van der Waals surface area contributed by atoms with Gasteiger partial charge in [0.05, 0.1) is 24.6 Å². The van der Waals surface area contributed by atoms with E-state index in [1.54, 1.807) is 19.2 Å². The van der Waals surface area contributed by atoms with E-state index in [0.717, 1.165) is 17.7 Å². The first kappa shape index (κ1) is 20.6. The molecule has 162 valence electrons. The van der Waals surface area contributed by atoms with Crippen LogP contribution in [0, 0.1) is 0 Å². The van der Waals surface area contributed by atoms with Gasteiger partial charge in [0.15, 0.2) is 22.9 Å². The number of benzene rings is 2. The second-order valence-electron chi connectivity index (χ2n) is 6.89. The van der Waals surface area contributed by atoms with E-state index in [0.29, 0.717) is 11.5 Å². The Bertz CT molecular complexity index is 1130. The van der Waals surface area contributed by atoms with Gasteiger partial charge in [0.1, 0.15) is 0 Å². The third kappa shape index (κ3) is 4.14. The average Bonchev–Trinajstić information content (AvgIpc) is 3.39. The number of alkyl halides is 3. The highest BCUT2D eigenvalue weighted by Gasteiger charge is 2.31. The van der Waals surface area contributed by atoms with Crippen molar-refractivity contribution < 1.29 is 32.2 Å². The molecule has 0 fully saturated rings. The number of nitrogens with zero attached hydrogens (tertiary/aromatic N) is 3. The fourth-order valence-corrected chi connectivity index (χ4v) is 3.18. The molecule has 0 saturated carbocycles. The molecule has 31 heavy (non-hydrogen) atoms. The molecule has 1 aromatic heterocycles. The minimum atomic E-state index is -4.49. The Morgan fingerprint density at radius 3 is 2.71 bits per heavy atom. The first-order chi connectivity index (χ1) is 14.8. The SMILES string of the molecule is COc1cn(-c2cccc(C(F)(F)F)c2)nc1C(=O)N(C)Cc1ccc2c(c1)OCO2. The minimum absolute atomic E-state index is 0.0110. The van der Waals surface area contributed by atoms with Gasteiger partial charge in [0.2, 0.25) is 6.79 Å². The average molecular weight is 433 g/mol. The fourth-order valence-electron chi connectivity index (χ4n) is 3.18. The molecule has 0 aliphatic carbocycles. The van der Waals surface area contributed by atoms with E-state index in [9.17, 15) is 18.0 Å². The number of hydrogen-bond donors (Lipinski definition) is 0. The normalized spacial score (nSPS) is 12.7. The molecule has 0 bridgehead atoms. The van der Waals surface area contributed by atoms with Crippen LogP contribution < -0.4 is 14.2 Å². The van der Waals surface area contributed by atoms with Crippen molar-refractivity contribution in [1.82, 2.24) is 14.7 Å². The van der Waals surface area contributed by atoms with Gasteiger partial charge in [-0.2, -0.15) is 18.3 Å². The van der Waals surface area contributed by atoms with E-state index in [-0.39, 0.29) is 30.5 Å². The second-order valence-corrected chi connectivity index (χ2v) is 6.89. The number of carbonyl (C=O) groups is 1. The molecule has 4 rings (SSSR count). The van der Waals surface area contributed by atoms with E-state index in [1.165, 1.54) is 35.0 Å². The van der Waals surface area contributed by atoms with Gasteiger partial charge in [-0.1, -0.05) is 12.1 Å². The van der Waals surface area contributed by atoms with Crippen LogP contribution >= 0.6 is 0 Å². The molecular formula is C21H18F3N3O4. The topological polar surface area (TPSA) is 65.8 Å². The number of methoxy groups -OCH3 is 1. The number of fused-ring (bicyclic) bond motifs is 1. The molecule has 0 saturated heterocycles. The van der Waals surface area contributed by atoms with Crippen molar-refractivity contribution in [3.05, 3.63) is 65.5 Å². The summed E-state index contributed by atoms with van der Waals surface area (Å²) in [5, 5.41) is 4.18. The number of hydrogen-bond acceptors (Lipinski definition) is 5. The van der Waals surface area contributed by atoms with Crippen molar-refractivity contribution in [2.45, 2.75) is 12.7 Å². The van der Waals surface area contributed by atoms with E-state index < -0.39 is 17.6 Å². The number of carbonyl (C=O) groups excluding carboxylic acids is 1. The van der Waals surface area contributed by atoms with Crippen LogP contribution in [0.1, 0.15) is 21.6 Å². The molecule has 0 spiro atoms. The lowest BCUT2D eigenvalue weighted by molar-refractivity contribution is -0.137. The van der Waals surface area contributed by atoms with Gasteiger partial charge in [0, 0.05) is 13.6 Å². The summed E-state index contributed by atoms with van der Waals surface area (Å²) >= 11 is 0. The first-order valence-electron chi connectivity index (χ1n) is 9.21. The summed E-state index contributed by atoms with van der Waals surface area (Å²) < 4.78 is 56.1. The van der Waals surface area contributed by atoms with Crippen LogP contribution in [0.2, 0.25) is 0 Å². The zero-order chi connectivity index (χ0) is 22.2. The van der Waals surface area contributed by atoms with Crippen molar-refractivity contribution in [2.24, 2.45) is 0 Å². The summed E-state index contributed by atoms with van der Waals surface area (Å²) in [7, 11) is 2.96. The zero-order valence-corrected chi connectivity index (χ0v) is 16.6. The Kier molecular flexibility index (Phi) is 5.22. The molecule has 0 radical (unpaired) electrons. The third-order valence-electron chi connectivity index (χ3n) is 4.74. The van der Waals surface area contributed by atoms with Crippen molar-refractivity contribution in [1.29, 1.82) is 0 Å². The molecule has 0 N–H and O–H groups in total. The summed E-state index contributed by atoms with van der Waals surface area (Å²) in [4.78, 5) is 14.4. The van der Waals surface area contributed by atoms with Crippen molar-refractivity contribution >= 4 is 5.91 Å². The molecule has 2 heterocycles. The Morgan fingerprint density at radius 1 is 1.19 bits per heavy atom. The highest BCUT2D eigenvalue weighted by atomic mass is 19.4. The predicted molar refractivity (Wildman–Crippen MR) is 103 cm³/mol. The summed E-state index contributed by atoms with van der Waals surface area (Å²) in [5.41, 5.74) is 0.150. The largest absolute Gasteiger partial charge is 0.493 e. The summed E-state index contributed by atoms with van der Waals surface area (Å²) in [6.07, 6.45) is -3.12. The molecular weight excluding hydrogens is 415 g/mol. The van der Waals surface area contributed by atoms with Crippen molar-refractivity contribution in [3.63, 3.8) is 0 Å². The van der Waals surface area contributed by atoms with Crippen LogP contribution in [0.3, 0.4) is 0 Å². The molecule has 1 aliphatic heterocycles. The standard InChI is InChI=1S/C21H18F3N3O4/c1-26(10-13-6-7-16-17(8-13)31-12-30-16)20(28)19-18(29-2)11-27(25-19)15-5-3-4-14(9-15)21(22,23)24/h3-9,11H,10,12H2,1-2H3. The number of rotatable bonds is 5. The Labute approximate surface area is 175 Å². The van der Waals surface area contributed by atoms with Gasteiger partial charge in [-0.3, -0.25) is 4.79 Å². The van der Waals surface area contributed by atoms with Crippen LogP contribution in [0.15, 0.2) is 48.7 Å². The molecule has 1 amide bonds. The van der Waals surface area contributed by atoms with Crippen LogP contribution in [0.4, 0.5) is 13.2 Å². The Morgan fingerprint density at radius 2 is 1.97 bits per heavy atom. The maximum Gasteiger partial charge on any atom is 0.416 e. The van der Waals surface area contributed by atoms with Gasteiger partial charge in [0.25, 0.3) is 5.91 Å². The fraction of sp³-hybridized carbons (Fsp3) is 0.238. The van der Waals surface area contributed by atoms with Crippen LogP contribution in [0.5, 0.6) is 17.2 Å². The highest BCUT2D eigenvalue weighted by Crippen LogP contribution is 2.33. The smallest absolute Gasteiger partial charge is 0.416 e. The van der Waals surface area contributed by atoms with Crippen molar-refractivity contribution in [2.75, 3.05) is 21.0 Å². The predicted octanol–water partition coefficient (Wildman–Crippen LogP) is 3.90. The second kappa shape index (κ2) is 7.86. The minimum Gasteiger partial charge on any atom is -0.493 e. The van der Waals surface area contributed by atoms with Gasteiger partial charge >= 0.3 is 6.18 Å². The number of halogens is 3. The Balaban J connectivity index is 1.58. The lowest BCUT2D eigenvalue weighted by Crippen LogP contribution is -2.27. The maximum absolute atomic E-state index is 13.0. The van der Waals surface area contributed by atoms with Crippen LogP contribution in [-0.2, 0) is 12.7 Å². The monoisotopic (exact) mass is 433 g/mol. The molecule has 2 aromatic carbocycles. The highest BCUT2D eigenvalue weighted by molar-refractivity contribution is 5.94. The van der Waals surface area contributed by atoms with Gasteiger partial charge in [-0.25, -0.2) is 4.68 Å². The van der Waals surface area contributed by atoms with Crippen LogP contribution in [0.25, 0.3) is 5.69 Å². The summed E-state index contributed by atoms with van der Waals surface area (Å²) in [6.45, 7) is 0.410. The number of aromatic nitrogens is 2. The third-order valence-corrected chi connectivity index (χ3v) is 4.74. The van der Waals surface area contributed by atoms with E-state index >= 15 is 0 Å². The van der Waals surface area contributed by atoms with Gasteiger partial charge in [-0.15, -0.1) is 0 Å². The van der Waals surface area contributed by atoms with Crippen LogP contribution in [-0.4, -0.2) is 41.5 Å². The molecule has 3 aromatic rings. The molecule has 10 heteroatoms. The first-order valence-corrected chi connectivity index (χ1v) is 9.21. The molecule has 7 nitrogen and oxygen atoms in total. The lowest BCUT2D eigenvalue weighted by Gasteiger charge is -2.16. The quantitative estimate of drug-likeness (QED) is 0.611. The molecule has 1 aliphatic rings. The summed E-state index contributed by atoms with van der Waals surface area (Å²) in [5.74, 6) is 0.948. The van der Waals surface area contributed by atoms with Gasteiger partial charge in [-0.05, 0) is 35.9 Å². The molecule has 0 unspecified atom stereocenters. The van der Waals surface area contributed by atoms with E-state index in [2.05, 4.69) is 5.10 Å². The Hall–Kier alpha value is -3.69. The zero-order valence-electron chi connectivity index (χ0n) is 16.6. The van der Waals surface area contributed by atoms with E-state index in [1.807, 2.05) is 6.07 Å².